The molecule has 0 amide bonds. The highest BCUT2D eigenvalue weighted by Crippen LogP contribution is 2.49. The van der Waals surface area contributed by atoms with E-state index in [1.54, 1.807) is 0 Å². The average molecular weight is 182 g/mol. The SMILES string of the molecule is CCC1CCC(C2(N)C(C)N2C)C1. The van der Waals surface area contributed by atoms with E-state index in [9.17, 15) is 0 Å². The average Bonchev–Trinajstić information content (AvgIpc) is 2.65. The summed E-state index contributed by atoms with van der Waals surface area (Å²) in [5.41, 5.74) is 6.44. The van der Waals surface area contributed by atoms with Gasteiger partial charge in [0.25, 0.3) is 0 Å². The monoisotopic (exact) mass is 182 g/mol. The zero-order valence-electron chi connectivity index (χ0n) is 9.09. The highest BCUT2D eigenvalue weighted by molar-refractivity contribution is 5.13. The molecule has 5 atom stereocenters. The van der Waals surface area contributed by atoms with Gasteiger partial charge in [0.2, 0.25) is 0 Å². The van der Waals surface area contributed by atoms with Crippen molar-refractivity contribution in [3.05, 3.63) is 0 Å². The van der Waals surface area contributed by atoms with Crippen LogP contribution in [-0.2, 0) is 0 Å². The smallest absolute Gasteiger partial charge is 0.0874 e. The highest BCUT2D eigenvalue weighted by Gasteiger charge is 2.59. The number of hydrogen-bond donors (Lipinski definition) is 1. The van der Waals surface area contributed by atoms with Crippen molar-refractivity contribution in [1.82, 2.24) is 4.90 Å². The molecule has 1 saturated heterocycles. The largest absolute Gasteiger partial charge is 0.312 e. The van der Waals surface area contributed by atoms with Crippen molar-refractivity contribution < 1.29 is 0 Å². The second-order valence-electron chi connectivity index (χ2n) is 4.96. The summed E-state index contributed by atoms with van der Waals surface area (Å²) in [4.78, 5) is 2.33. The molecule has 1 saturated carbocycles. The van der Waals surface area contributed by atoms with Crippen molar-refractivity contribution in [3.8, 4) is 0 Å². The molecule has 76 valence electrons. The minimum atomic E-state index is 0.0594. The maximum Gasteiger partial charge on any atom is 0.0874 e. The van der Waals surface area contributed by atoms with Gasteiger partial charge in [-0.15, -0.1) is 0 Å². The Morgan fingerprint density at radius 1 is 1.46 bits per heavy atom. The number of likely N-dealkylation sites (N-methyl/N-ethyl adjacent to an activating group) is 1. The molecule has 0 radical (unpaired) electrons. The van der Waals surface area contributed by atoms with Gasteiger partial charge in [0, 0.05) is 6.04 Å². The Labute approximate surface area is 81.5 Å². The molecular weight excluding hydrogens is 160 g/mol. The summed E-state index contributed by atoms with van der Waals surface area (Å²) in [6, 6.07) is 0.605. The molecule has 1 aliphatic carbocycles. The van der Waals surface area contributed by atoms with Gasteiger partial charge < -0.3 is 5.73 Å². The summed E-state index contributed by atoms with van der Waals surface area (Å²) >= 11 is 0. The molecule has 2 N–H and O–H groups in total. The van der Waals surface area contributed by atoms with Crippen LogP contribution in [-0.4, -0.2) is 23.7 Å². The van der Waals surface area contributed by atoms with Crippen LogP contribution in [0.15, 0.2) is 0 Å². The zero-order chi connectivity index (χ0) is 9.64. The van der Waals surface area contributed by atoms with Crippen molar-refractivity contribution in [1.29, 1.82) is 0 Å². The lowest BCUT2D eigenvalue weighted by atomic mass is 9.94. The lowest BCUT2D eigenvalue weighted by molar-refractivity contribution is 0.317. The van der Waals surface area contributed by atoms with Gasteiger partial charge in [-0.1, -0.05) is 19.8 Å². The van der Waals surface area contributed by atoms with Gasteiger partial charge in [0.15, 0.2) is 0 Å². The summed E-state index contributed by atoms with van der Waals surface area (Å²) in [5, 5.41) is 0. The standard InChI is InChI=1S/C11H22N2/c1-4-9-5-6-10(7-9)11(12)8(2)13(11)3/h8-10H,4-7,12H2,1-3H3. The Morgan fingerprint density at radius 2 is 2.08 bits per heavy atom. The molecule has 2 fully saturated rings. The van der Waals surface area contributed by atoms with E-state index in [0.717, 1.165) is 11.8 Å². The summed E-state index contributed by atoms with van der Waals surface area (Å²) in [6.07, 6.45) is 5.46. The first-order chi connectivity index (χ1) is 6.10. The zero-order valence-corrected chi connectivity index (χ0v) is 9.09. The molecule has 2 heteroatoms. The van der Waals surface area contributed by atoms with Gasteiger partial charge in [-0.3, -0.25) is 4.90 Å². The van der Waals surface area contributed by atoms with E-state index in [2.05, 4.69) is 25.8 Å². The Kier molecular flexibility index (Phi) is 2.16. The van der Waals surface area contributed by atoms with Crippen molar-refractivity contribution >= 4 is 0 Å². The highest BCUT2D eigenvalue weighted by atomic mass is 15.5. The van der Waals surface area contributed by atoms with E-state index in [4.69, 9.17) is 5.73 Å². The molecule has 13 heavy (non-hydrogen) atoms. The molecule has 5 unspecified atom stereocenters. The first kappa shape index (κ1) is 9.47. The third kappa shape index (κ3) is 1.23. The molecule has 0 spiro atoms. The maximum absolute atomic E-state index is 6.38. The molecule has 0 bridgehead atoms. The number of nitrogens with two attached hydrogens (primary N) is 1. The Morgan fingerprint density at radius 3 is 2.46 bits per heavy atom. The van der Waals surface area contributed by atoms with Crippen LogP contribution in [0.5, 0.6) is 0 Å². The Bertz CT molecular complexity index is 194. The molecule has 2 rings (SSSR count). The normalized spacial score (nSPS) is 55.4. The van der Waals surface area contributed by atoms with E-state index in [0.29, 0.717) is 6.04 Å². The molecule has 2 aliphatic rings. The van der Waals surface area contributed by atoms with Gasteiger partial charge in [-0.05, 0) is 38.6 Å². The fourth-order valence-electron chi connectivity index (χ4n) is 3.13. The lowest BCUT2D eigenvalue weighted by Crippen LogP contribution is -2.37. The van der Waals surface area contributed by atoms with E-state index >= 15 is 0 Å². The third-order valence-corrected chi connectivity index (χ3v) is 4.57. The van der Waals surface area contributed by atoms with E-state index < -0.39 is 0 Å². The fraction of sp³-hybridized carbons (Fsp3) is 1.00. The van der Waals surface area contributed by atoms with Crippen molar-refractivity contribution in [2.45, 2.75) is 51.2 Å². The van der Waals surface area contributed by atoms with Gasteiger partial charge in [0.05, 0.1) is 5.66 Å². The molecule has 2 nitrogen and oxygen atoms in total. The molecule has 1 heterocycles. The van der Waals surface area contributed by atoms with Crippen LogP contribution in [0.25, 0.3) is 0 Å². The van der Waals surface area contributed by atoms with Gasteiger partial charge in [-0.25, -0.2) is 0 Å². The van der Waals surface area contributed by atoms with Crippen molar-refractivity contribution in [2.24, 2.45) is 17.6 Å². The predicted molar refractivity (Wildman–Crippen MR) is 55.3 cm³/mol. The number of nitrogens with zero attached hydrogens (tertiary/aromatic N) is 1. The fourth-order valence-corrected chi connectivity index (χ4v) is 3.13. The van der Waals surface area contributed by atoms with Crippen LogP contribution in [0.3, 0.4) is 0 Å². The van der Waals surface area contributed by atoms with Crippen LogP contribution < -0.4 is 5.73 Å². The second kappa shape index (κ2) is 2.96. The van der Waals surface area contributed by atoms with E-state index in [-0.39, 0.29) is 5.66 Å². The molecule has 0 aromatic rings. The van der Waals surface area contributed by atoms with Crippen LogP contribution in [0, 0.1) is 11.8 Å². The topological polar surface area (TPSA) is 29.0 Å². The quantitative estimate of drug-likeness (QED) is 0.660. The summed E-state index contributed by atoms with van der Waals surface area (Å²) in [5.74, 6) is 1.71. The van der Waals surface area contributed by atoms with E-state index in [1.165, 1.54) is 25.7 Å². The van der Waals surface area contributed by atoms with Gasteiger partial charge in [-0.2, -0.15) is 0 Å². The van der Waals surface area contributed by atoms with Crippen LogP contribution in [0.1, 0.15) is 39.5 Å². The van der Waals surface area contributed by atoms with Gasteiger partial charge in [0.1, 0.15) is 0 Å². The molecule has 0 aromatic carbocycles. The third-order valence-electron chi connectivity index (χ3n) is 4.57. The predicted octanol–water partition coefficient (Wildman–Crippen LogP) is 1.80. The first-order valence-electron chi connectivity index (χ1n) is 5.62. The number of hydrogen-bond acceptors (Lipinski definition) is 2. The van der Waals surface area contributed by atoms with Gasteiger partial charge >= 0.3 is 0 Å². The Balaban J connectivity index is 1.97. The van der Waals surface area contributed by atoms with Crippen molar-refractivity contribution in [2.75, 3.05) is 7.05 Å². The van der Waals surface area contributed by atoms with E-state index in [1.807, 2.05) is 0 Å². The van der Waals surface area contributed by atoms with Crippen molar-refractivity contribution in [3.63, 3.8) is 0 Å². The van der Waals surface area contributed by atoms with Crippen LogP contribution >= 0.6 is 0 Å². The first-order valence-corrected chi connectivity index (χ1v) is 5.62. The minimum Gasteiger partial charge on any atom is -0.312 e. The molecule has 0 aromatic heterocycles. The number of rotatable bonds is 2. The summed E-state index contributed by atoms with van der Waals surface area (Å²) < 4.78 is 0. The molecular formula is C11H22N2. The maximum atomic E-state index is 6.38. The molecule has 1 aliphatic heterocycles. The van der Waals surface area contributed by atoms with Crippen LogP contribution in [0.2, 0.25) is 0 Å². The second-order valence-corrected chi connectivity index (χ2v) is 4.96. The Hall–Kier alpha value is -0.0800. The summed E-state index contributed by atoms with van der Waals surface area (Å²) in [7, 11) is 2.16. The summed E-state index contributed by atoms with van der Waals surface area (Å²) in [6.45, 7) is 4.55. The lowest BCUT2D eigenvalue weighted by Gasteiger charge is -2.19. The minimum absolute atomic E-state index is 0.0594. The van der Waals surface area contributed by atoms with Crippen LogP contribution in [0.4, 0.5) is 0 Å².